The summed E-state index contributed by atoms with van der Waals surface area (Å²) >= 11 is 0. The van der Waals surface area contributed by atoms with Gasteiger partial charge in [-0.2, -0.15) is 0 Å². The number of carbonyl (C=O) groups excluding carboxylic acids is 3. The van der Waals surface area contributed by atoms with Gasteiger partial charge in [0.1, 0.15) is 12.6 Å². The molecule has 0 saturated carbocycles. The topological polar surface area (TPSA) is 108 Å². The molecule has 180 valence electrons. The summed E-state index contributed by atoms with van der Waals surface area (Å²) in [5, 5.41) is 0. The first-order chi connectivity index (χ1) is 14.8. The van der Waals surface area contributed by atoms with E-state index >= 15 is 0 Å². The molecule has 1 aromatic carbocycles. The lowest BCUT2D eigenvalue weighted by atomic mass is 9.91. The predicted octanol–water partition coefficient (Wildman–Crippen LogP) is 4.25. The van der Waals surface area contributed by atoms with Gasteiger partial charge in [-0.1, -0.05) is 46.8 Å². The molecule has 0 heterocycles. The van der Waals surface area contributed by atoms with Crippen molar-refractivity contribution in [3.63, 3.8) is 0 Å². The highest BCUT2D eigenvalue weighted by Gasteiger charge is 2.29. The molecule has 0 saturated heterocycles. The van der Waals surface area contributed by atoms with Crippen molar-refractivity contribution in [2.75, 3.05) is 11.9 Å². The standard InChI is InChI=1S/C24H38N2O6/c1-9-24(6,7)22(28)30-14-17-10-12-18(13-11-17)26(8)23(29)32-21(16(4)5)31-20(27)19(25)15(2)3/h10-13,15-16,19,21H,9,14,25H2,1-8H3. The predicted molar refractivity (Wildman–Crippen MR) is 123 cm³/mol. The van der Waals surface area contributed by atoms with Crippen LogP contribution in [0.3, 0.4) is 0 Å². The van der Waals surface area contributed by atoms with Gasteiger partial charge in [0.15, 0.2) is 0 Å². The molecule has 8 heteroatoms. The third-order valence-corrected chi connectivity index (χ3v) is 5.39. The Hall–Kier alpha value is -2.61. The van der Waals surface area contributed by atoms with Crippen LogP contribution in [0.2, 0.25) is 0 Å². The van der Waals surface area contributed by atoms with Crippen LogP contribution in [0, 0.1) is 17.3 Å². The van der Waals surface area contributed by atoms with Gasteiger partial charge in [0.2, 0.25) is 0 Å². The van der Waals surface area contributed by atoms with Gasteiger partial charge in [-0.15, -0.1) is 0 Å². The molecule has 8 nitrogen and oxygen atoms in total. The molecule has 2 N–H and O–H groups in total. The van der Waals surface area contributed by atoms with Crippen molar-refractivity contribution in [1.29, 1.82) is 0 Å². The van der Waals surface area contributed by atoms with Gasteiger partial charge in [-0.05, 0) is 43.9 Å². The Bertz CT molecular complexity index is 773. The summed E-state index contributed by atoms with van der Waals surface area (Å²) in [6.07, 6.45) is -1.03. The van der Waals surface area contributed by atoms with Crippen LogP contribution in [0.25, 0.3) is 0 Å². The van der Waals surface area contributed by atoms with Crippen LogP contribution in [0.1, 0.15) is 60.5 Å². The monoisotopic (exact) mass is 450 g/mol. The number of ether oxygens (including phenoxy) is 3. The van der Waals surface area contributed by atoms with Crippen LogP contribution in [-0.4, -0.2) is 37.4 Å². The van der Waals surface area contributed by atoms with Crippen molar-refractivity contribution in [3.8, 4) is 0 Å². The van der Waals surface area contributed by atoms with Gasteiger partial charge in [-0.3, -0.25) is 14.5 Å². The van der Waals surface area contributed by atoms with Gasteiger partial charge in [0.05, 0.1) is 5.41 Å². The lowest BCUT2D eigenvalue weighted by molar-refractivity contribution is -0.177. The molecular weight excluding hydrogens is 412 g/mol. The highest BCUT2D eigenvalue weighted by atomic mass is 16.7. The fourth-order valence-electron chi connectivity index (χ4n) is 2.35. The summed E-state index contributed by atoms with van der Waals surface area (Å²) in [5.74, 6) is -1.21. The number of hydrogen-bond acceptors (Lipinski definition) is 7. The molecule has 0 aliphatic heterocycles. The van der Waals surface area contributed by atoms with E-state index in [0.29, 0.717) is 12.1 Å². The lowest BCUT2D eigenvalue weighted by Crippen LogP contribution is -2.42. The average molecular weight is 451 g/mol. The quantitative estimate of drug-likeness (QED) is 0.419. The van der Waals surface area contributed by atoms with E-state index in [-0.39, 0.29) is 24.4 Å². The SMILES string of the molecule is CCC(C)(C)C(=O)OCc1ccc(N(C)C(=O)OC(OC(=O)C(N)C(C)C)C(C)C)cc1. The molecule has 1 amide bonds. The Balaban J connectivity index is 2.74. The molecule has 0 aliphatic rings. The zero-order chi connectivity index (χ0) is 24.6. The van der Waals surface area contributed by atoms with Crippen LogP contribution in [0.15, 0.2) is 24.3 Å². The number of hydrogen-bond donors (Lipinski definition) is 1. The van der Waals surface area contributed by atoms with Crippen molar-refractivity contribution in [2.24, 2.45) is 23.0 Å². The second-order valence-corrected chi connectivity index (χ2v) is 9.24. The summed E-state index contributed by atoms with van der Waals surface area (Å²) < 4.78 is 16.1. The molecule has 0 spiro atoms. The first-order valence-corrected chi connectivity index (χ1v) is 11.0. The van der Waals surface area contributed by atoms with Crippen LogP contribution in [0.4, 0.5) is 10.5 Å². The number of rotatable bonds is 10. The summed E-state index contributed by atoms with van der Waals surface area (Å²) in [7, 11) is 1.56. The van der Waals surface area contributed by atoms with E-state index in [1.165, 1.54) is 4.90 Å². The molecule has 0 fully saturated rings. The van der Waals surface area contributed by atoms with Crippen LogP contribution in [0.5, 0.6) is 0 Å². The molecule has 1 aromatic rings. The number of nitrogens with two attached hydrogens (primary N) is 1. The summed E-state index contributed by atoms with van der Waals surface area (Å²) in [5.41, 5.74) is 6.67. The van der Waals surface area contributed by atoms with E-state index in [0.717, 1.165) is 5.56 Å². The number of carbonyl (C=O) groups is 3. The van der Waals surface area contributed by atoms with Gasteiger partial charge in [-0.25, -0.2) is 4.79 Å². The molecule has 2 atom stereocenters. The highest BCUT2D eigenvalue weighted by molar-refractivity contribution is 5.87. The van der Waals surface area contributed by atoms with Crippen LogP contribution in [-0.2, 0) is 30.4 Å². The number of amides is 1. The Morgan fingerprint density at radius 3 is 2.03 bits per heavy atom. The summed E-state index contributed by atoms with van der Waals surface area (Å²) in [6, 6.07) is 6.19. The van der Waals surface area contributed by atoms with Crippen LogP contribution < -0.4 is 10.6 Å². The van der Waals surface area contributed by atoms with E-state index < -0.39 is 29.8 Å². The Kier molecular flexibility index (Phi) is 10.2. The second-order valence-electron chi connectivity index (χ2n) is 9.24. The highest BCUT2D eigenvalue weighted by Crippen LogP contribution is 2.23. The zero-order valence-electron chi connectivity index (χ0n) is 20.5. The smallest absolute Gasteiger partial charge is 0.417 e. The third kappa shape index (κ3) is 7.82. The van der Waals surface area contributed by atoms with Gasteiger partial charge < -0.3 is 19.9 Å². The molecule has 0 radical (unpaired) electrons. The normalized spacial score (nSPS) is 13.5. The van der Waals surface area contributed by atoms with Crippen molar-refractivity contribution in [2.45, 2.75) is 73.8 Å². The first kappa shape index (κ1) is 27.4. The fourth-order valence-corrected chi connectivity index (χ4v) is 2.35. The average Bonchev–Trinajstić information content (AvgIpc) is 2.75. The number of esters is 2. The van der Waals surface area contributed by atoms with Crippen molar-refractivity contribution >= 4 is 23.7 Å². The maximum atomic E-state index is 12.6. The van der Waals surface area contributed by atoms with Crippen LogP contribution >= 0.6 is 0 Å². The molecule has 1 rings (SSSR count). The molecule has 0 aromatic heterocycles. The number of nitrogens with zero attached hydrogens (tertiary/aromatic N) is 1. The maximum absolute atomic E-state index is 12.6. The van der Waals surface area contributed by atoms with E-state index in [1.54, 1.807) is 45.2 Å². The number of benzene rings is 1. The fraction of sp³-hybridized carbons (Fsp3) is 0.625. The first-order valence-electron chi connectivity index (χ1n) is 11.0. The maximum Gasteiger partial charge on any atom is 0.417 e. The molecule has 32 heavy (non-hydrogen) atoms. The Morgan fingerprint density at radius 2 is 1.56 bits per heavy atom. The number of anilines is 1. The van der Waals surface area contributed by atoms with Gasteiger partial charge in [0.25, 0.3) is 6.29 Å². The zero-order valence-corrected chi connectivity index (χ0v) is 20.5. The summed E-state index contributed by atoms with van der Waals surface area (Å²) in [4.78, 5) is 38.2. The molecular formula is C24H38N2O6. The molecule has 0 aliphatic carbocycles. The van der Waals surface area contributed by atoms with Crippen molar-refractivity contribution in [3.05, 3.63) is 29.8 Å². The van der Waals surface area contributed by atoms with Crippen molar-refractivity contribution in [1.82, 2.24) is 0 Å². The minimum absolute atomic E-state index is 0.0977. The van der Waals surface area contributed by atoms with E-state index in [4.69, 9.17) is 19.9 Å². The largest absolute Gasteiger partial charge is 0.460 e. The molecule has 2 unspecified atom stereocenters. The van der Waals surface area contributed by atoms with E-state index in [9.17, 15) is 14.4 Å². The second kappa shape index (κ2) is 11.9. The van der Waals surface area contributed by atoms with Gasteiger partial charge in [0, 0.05) is 18.7 Å². The Labute approximate surface area is 191 Å². The third-order valence-electron chi connectivity index (χ3n) is 5.39. The van der Waals surface area contributed by atoms with Crippen molar-refractivity contribution < 1.29 is 28.6 Å². The van der Waals surface area contributed by atoms with E-state index in [2.05, 4.69) is 0 Å². The van der Waals surface area contributed by atoms with Gasteiger partial charge >= 0.3 is 18.0 Å². The lowest BCUT2D eigenvalue weighted by Gasteiger charge is -2.26. The molecule has 0 bridgehead atoms. The minimum atomic E-state index is -1.05. The van der Waals surface area contributed by atoms with E-state index in [1.807, 2.05) is 34.6 Å². The minimum Gasteiger partial charge on any atom is -0.460 e. The Morgan fingerprint density at radius 1 is 1.00 bits per heavy atom. The summed E-state index contributed by atoms with van der Waals surface area (Å²) in [6.45, 7) is 13.0.